The maximum Gasteiger partial charge on any atom is 0.417 e. The first-order chi connectivity index (χ1) is 14.8. The van der Waals surface area contributed by atoms with Gasteiger partial charge in [-0.25, -0.2) is 4.98 Å². The molecule has 1 aliphatic rings. The molecule has 4 rings (SSSR count). The van der Waals surface area contributed by atoms with Crippen molar-refractivity contribution in [1.29, 1.82) is 0 Å². The Balaban J connectivity index is 1.49. The quantitative estimate of drug-likeness (QED) is 0.666. The van der Waals surface area contributed by atoms with Crippen LogP contribution >= 0.6 is 0 Å². The Morgan fingerprint density at radius 3 is 2.61 bits per heavy atom. The number of carbonyl (C=O) groups excluding carboxylic acids is 1. The number of primary amides is 1. The second-order valence-electron chi connectivity index (χ2n) is 7.20. The van der Waals surface area contributed by atoms with Gasteiger partial charge in [-0.15, -0.1) is 0 Å². The summed E-state index contributed by atoms with van der Waals surface area (Å²) >= 11 is 0. The fourth-order valence-corrected chi connectivity index (χ4v) is 3.55. The van der Waals surface area contributed by atoms with E-state index in [0.717, 1.165) is 23.4 Å². The fraction of sp³-hybridized carbons (Fsp3) is 0.227. The maximum absolute atomic E-state index is 12.7. The molecule has 0 spiro atoms. The zero-order chi connectivity index (χ0) is 22.0. The SMILES string of the molecule is NC(=O)c1cc(-c2cccnc2)ccc1N1CC[C@H](Oc2ccc(C(F)(F)F)cn2)C1. The Morgan fingerprint density at radius 2 is 1.97 bits per heavy atom. The number of alkyl halides is 3. The molecule has 0 bridgehead atoms. The molecule has 31 heavy (non-hydrogen) atoms. The van der Waals surface area contributed by atoms with Crippen molar-refractivity contribution in [2.24, 2.45) is 5.73 Å². The number of benzene rings is 1. The van der Waals surface area contributed by atoms with Gasteiger partial charge in [0.25, 0.3) is 5.91 Å². The molecule has 1 amide bonds. The topological polar surface area (TPSA) is 81.3 Å². The van der Waals surface area contributed by atoms with Crippen molar-refractivity contribution in [3.05, 3.63) is 72.2 Å². The van der Waals surface area contributed by atoms with Gasteiger partial charge >= 0.3 is 6.18 Å². The highest BCUT2D eigenvalue weighted by Gasteiger charge is 2.31. The zero-order valence-electron chi connectivity index (χ0n) is 16.3. The summed E-state index contributed by atoms with van der Waals surface area (Å²) in [6.07, 6.45) is 0.0422. The van der Waals surface area contributed by atoms with Gasteiger partial charge in [-0.1, -0.05) is 12.1 Å². The second kappa shape index (κ2) is 8.25. The Bertz CT molecular complexity index is 1070. The average Bonchev–Trinajstić information content (AvgIpc) is 3.22. The van der Waals surface area contributed by atoms with E-state index >= 15 is 0 Å². The number of rotatable bonds is 5. The van der Waals surface area contributed by atoms with Gasteiger partial charge in [0.2, 0.25) is 5.88 Å². The number of halogens is 3. The van der Waals surface area contributed by atoms with Crippen molar-refractivity contribution in [3.8, 4) is 17.0 Å². The van der Waals surface area contributed by atoms with Gasteiger partial charge in [-0.3, -0.25) is 9.78 Å². The zero-order valence-corrected chi connectivity index (χ0v) is 16.3. The van der Waals surface area contributed by atoms with Gasteiger partial charge in [-0.2, -0.15) is 13.2 Å². The van der Waals surface area contributed by atoms with E-state index in [9.17, 15) is 18.0 Å². The van der Waals surface area contributed by atoms with Gasteiger partial charge in [0, 0.05) is 48.9 Å². The molecule has 3 heterocycles. The normalized spacial score (nSPS) is 16.4. The summed E-state index contributed by atoms with van der Waals surface area (Å²) in [5.41, 5.74) is 7.56. The van der Waals surface area contributed by atoms with E-state index in [1.165, 1.54) is 6.07 Å². The summed E-state index contributed by atoms with van der Waals surface area (Å²) in [4.78, 5) is 21.9. The van der Waals surface area contributed by atoms with E-state index in [-0.39, 0.29) is 12.0 Å². The maximum atomic E-state index is 12.7. The number of amides is 1. The van der Waals surface area contributed by atoms with Crippen molar-refractivity contribution >= 4 is 11.6 Å². The predicted octanol–water partition coefficient (Wildman–Crippen LogP) is 3.92. The van der Waals surface area contributed by atoms with E-state index in [0.29, 0.717) is 30.8 Å². The number of ether oxygens (including phenoxy) is 1. The smallest absolute Gasteiger partial charge is 0.417 e. The van der Waals surface area contributed by atoms with Crippen LogP contribution in [0.1, 0.15) is 22.3 Å². The molecule has 160 valence electrons. The molecule has 9 heteroatoms. The highest BCUT2D eigenvalue weighted by Crippen LogP contribution is 2.32. The van der Waals surface area contributed by atoms with Crippen LogP contribution in [0.4, 0.5) is 18.9 Å². The molecule has 0 unspecified atom stereocenters. The van der Waals surface area contributed by atoms with Crippen LogP contribution < -0.4 is 15.4 Å². The molecule has 3 aromatic rings. The lowest BCUT2D eigenvalue weighted by molar-refractivity contribution is -0.137. The molecule has 1 saturated heterocycles. The molecular weight excluding hydrogens is 409 g/mol. The number of pyridine rings is 2. The fourth-order valence-electron chi connectivity index (χ4n) is 3.55. The molecule has 1 aliphatic heterocycles. The van der Waals surface area contributed by atoms with Crippen LogP contribution in [0, 0.1) is 0 Å². The third-order valence-corrected chi connectivity index (χ3v) is 5.09. The lowest BCUT2D eigenvalue weighted by Crippen LogP contribution is -2.27. The largest absolute Gasteiger partial charge is 0.472 e. The molecule has 0 radical (unpaired) electrons. The first kappa shape index (κ1) is 20.6. The third-order valence-electron chi connectivity index (χ3n) is 5.09. The summed E-state index contributed by atoms with van der Waals surface area (Å²) in [6, 6.07) is 11.3. The Morgan fingerprint density at radius 1 is 1.13 bits per heavy atom. The van der Waals surface area contributed by atoms with Crippen LogP contribution in [0.3, 0.4) is 0 Å². The van der Waals surface area contributed by atoms with Gasteiger partial charge in [0.15, 0.2) is 0 Å². The molecule has 6 nitrogen and oxygen atoms in total. The summed E-state index contributed by atoms with van der Waals surface area (Å²) in [6.45, 7) is 1.06. The Hall–Kier alpha value is -3.62. The lowest BCUT2D eigenvalue weighted by atomic mass is 10.0. The lowest BCUT2D eigenvalue weighted by Gasteiger charge is -2.22. The van der Waals surface area contributed by atoms with Crippen LogP contribution in [0.2, 0.25) is 0 Å². The van der Waals surface area contributed by atoms with Crippen LogP contribution in [0.5, 0.6) is 5.88 Å². The van der Waals surface area contributed by atoms with Crippen LogP contribution in [0.15, 0.2) is 61.1 Å². The summed E-state index contributed by atoms with van der Waals surface area (Å²) in [7, 11) is 0. The van der Waals surface area contributed by atoms with Crippen LogP contribution in [-0.2, 0) is 6.18 Å². The van der Waals surface area contributed by atoms with Gasteiger partial charge in [0.05, 0.1) is 17.7 Å². The van der Waals surface area contributed by atoms with Crippen molar-refractivity contribution in [1.82, 2.24) is 9.97 Å². The number of carbonyl (C=O) groups is 1. The number of nitrogens with two attached hydrogens (primary N) is 1. The van der Waals surface area contributed by atoms with Crippen LogP contribution in [-0.4, -0.2) is 35.1 Å². The summed E-state index contributed by atoms with van der Waals surface area (Å²) < 4.78 is 43.8. The number of hydrogen-bond donors (Lipinski definition) is 1. The van der Waals surface area contributed by atoms with E-state index in [4.69, 9.17) is 10.5 Å². The minimum Gasteiger partial charge on any atom is -0.472 e. The molecule has 1 aromatic carbocycles. The number of anilines is 1. The van der Waals surface area contributed by atoms with Gasteiger partial charge in [0.1, 0.15) is 6.10 Å². The predicted molar refractivity (Wildman–Crippen MR) is 109 cm³/mol. The third kappa shape index (κ3) is 4.60. The molecule has 2 aromatic heterocycles. The standard InChI is InChI=1S/C22H19F3N4O2/c23-22(24,25)16-4-6-20(28-12-16)31-17-7-9-29(13-17)19-5-3-14(10-18(19)21(26)30)15-2-1-8-27-11-15/h1-6,8,10-12,17H,7,9,13H2,(H2,26,30)/t17-/m0/s1. The Kier molecular flexibility index (Phi) is 5.50. The molecule has 1 fully saturated rings. The van der Waals surface area contributed by atoms with Crippen molar-refractivity contribution in [3.63, 3.8) is 0 Å². The average molecular weight is 428 g/mol. The summed E-state index contributed by atoms with van der Waals surface area (Å²) in [5.74, 6) is -0.420. The summed E-state index contributed by atoms with van der Waals surface area (Å²) in [5, 5.41) is 0. The Labute approximate surface area is 176 Å². The highest BCUT2D eigenvalue weighted by molar-refractivity contribution is 6.00. The highest BCUT2D eigenvalue weighted by atomic mass is 19.4. The van der Waals surface area contributed by atoms with Gasteiger partial charge < -0.3 is 15.4 Å². The number of aromatic nitrogens is 2. The number of hydrogen-bond acceptors (Lipinski definition) is 5. The van der Waals surface area contributed by atoms with Crippen molar-refractivity contribution < 1.29 is 22.7 Å². The molecular formula is C22H19F3N4O2. The minimum absolute atomic E-state index is 0.127. The molecule has 0 aliphatic carbocycles. The minimum atomic E-state index is -4.44. The van der Waals surface area contributed by atoms with Crippen molar-refractivity contribution in [2.45, 2.75) is 18.7 Å². The van der Waals surface area contributed by atoms with Gasteiger partial charge in [-0.05, 0) is 29.8 Å². The first-order valence-electron chi connectivity index (χ1n) is 9.60. The van der Waals surface area contributed by atoms with Crippen LogP contribution in [0.25, 0.3) is 11.1 Å². The molecule has 1 atom stereocenters. The number of nitrogens with zero attached hydrogens (tertiary/aromatic N) is 3. The van der Waals surface area contributed by atoms with Crippen molar-refractivity contribution in [2.75, 3.05) is 18.0 Å². The van der Waals surface area contributed by atoms with E-state index < -0.39 is 17.6 Å². The first-order valence-corrected chi connectivity index (χ1v) is 9.60. The molecule has 0 saturated carbocycles. The monoisotopic (exact) mass is 428 g/mol. The van der Waals surface area contributed by atoms with E-state index in [2.05, 4.69) is 9.97 Å². The second-order valence-corrected chi connectivity index (χ2v) is 7.20. The van der Waals surface area contributed by atoms with E-state index in [1.54, 1.807) is 18.5 Å². The van der Waals surface area contributed by atoms with E-state index in [1.807, 2.05) is 29.2 Å². The molecule has 2 N–H and O–H groups in total.